The van der Waals surface area contributed by atoms with Crippen molar-refractivity contribution in [2.75, 3.05) is 47.5 Å². The van der Waals surface area contributed by atoms with E-state index in [4.69, 9.17) is 18.5 Å². The number of ether oxygens (including phenoxy) is 2. The average molecular weight is 983 g/mol. The molecule has 68 heavy (non-hydrogen) atoms. The number of rotatable bonds is 54. The molecule has 0 saturated heterocycles. The number of quaternary nitrogens is 1. The minimum absolute atomic E-state index is 0.0274. The van der Waals surface area contributed by atoms with Crippen molar-refractivity contribution in [3.63, 3.8) is 0 Å². The molecule has 0 radical (unpaired) electrons. The van der Waals surface area contributed by atoms with E-state index >= 15 is 0 Å². The molecule has 10 heteroatoms. The quantitative estimate of drug-likeness (QED) is 0.0195. The van der Waals surface area contributed by atoms with Gasteiger partial charge in [0.1, 0.15) is 19.8 Å². The van der Waals surface area contributed by atoms with Gasteiger partial charge < -0.3 is 27.9 Å². The van der Waals surface area contributed by atoms with Gasteiger partial charge >= 0.3 is 11.9 Å². The van der Waals surface area contributed by atoms with E-state index in [-0.39, 0.29) is 32.0 Å². The number of phosphoric acid groups is 1. The molecule has 9 nitrogen and oxygen atoms in total. The second-order valence-electron chi connectivity index (χ2n) is 21.0. The standard InChI is InChI=1S/C58H112NO8P/c1-6-8-10-12-14-16-18-20-22-23-24-25-26-27-28-29-30-31-32-33-34-35-37-39-41-43-45-47-49-51-58(61)67-56(55-66-68(62,63)65-53-52-59(3,4)5)54-64-57(60)50-48-46-44-42-40-38-36-21-19-17-15-13-11-9-7-2/h18,20,23-24,56H,6-17,19,21-22,25-55H2,1-5H3/b20-18-,24-23-. The average Bonchev–Trinajstić information content (AvgIpc) is 3.30. The molecule has 2 atom stereocenters. The summed E-state index contributed by atoms with van der Waals surface area (Å²) >= 11 is 0. The Morgan fingerprint density at radius 2 is 0.794 bits per heavy atom. The summed E-state index contributed by atoms with van der Waals surface area (Å²) in [6, 6.07) is 0. The maximum absolute atomic E-state index is 12.8. The Hall–Kier alpha value is -1.51. The van der Waals surface area contributed by atoms with Crippen molar-refractivity contribution >= 4 is 19.8 Å². The molecule has 0 bridgehead atoms. The van der Waals surface area contributed by atoms with Crippen LogP contribution in [0.1, 0.15) is 284 Å². The molecule has 0 aromatic heterocycles. The van der Waals surface area contributed by atoms with E-state index in [1.165, 1.54) is 212 Å². The van der Waals surface area contributed by atoms with Gasteiger partial charge in [-0.05, 0) is 44.9 Å². The topological polar surface area (TPSA) is 111 Å². The first-order valence-electron chi connectivity index (χ1n) is 29.0. The number of esters is 2. The highest BCUT2D eigenvalue weighted by molar-refractivity contribution is 7.45. The van der Waals surface area contributed by atoms with Crippen molar-refractivity contribution in [1.29, 1.82) is 0 Å². The lowest BCUT2D eigenvalue weighted by molar-refractivity contribution is -0.870. The van der Waals surface area contributed by atoms with Gasteiger partial charge in [0, 0.05) is 12.8 Å². The van der Waals surface area contributed by atoms with Crippen molar-refractivity contribution in [2.45, 2.75) is 290 Å². The highest BCUT2D eigenvalue weighted by Crippen LogP contribution is 2.38. The molecule has 0 saturated carbocycles. The number of unbranched alkanes of at least 4 members (excludes halogenated alkanes) is 36. The molecular formula is C58H112NO8P. The number of likely N-dealkylation sites (N-methyl/N-ethyl adjacent to an activating group) is 1. The van der Waals surface area contributed by atoms with Crippen LogP contribution in [0.5, 0.6) is 0 Å². The van der Waals surface area contributed by atoms with Crippen molar-refractivity contribution in [2.24, 2.45) is 0 Å². The van der Waals surface area contributed by atoms with Crippen LogP contribution in [-0.2, 0) is 32.7 Å². The van der Waals surface area contributed by atoms with Gasteiger partial charge in [-0.2, -0.15) is 0 Å². The van der Waals surface area contributed by atoms with Gasteiger partial charge in [0.05, 0.1) is 27.7 Å². The summed E-state index contributed by atoms with van der Waals surface area (Å²) in [5, 5.41) is 0. The van der Waals surface area contributed by atoms with Crippen LogP contribution >= 0.6 is 7.82 Å². The molecule has 0 heterocycles. The van der Waals surface area contributed by atoms with Gasteiger partial charge in [0.2, 0.25) is 0 Å². The molecule has 0 aliphatic heterocycles. The first-order chi connectivity index (χ1) is 33.0. The monoisotopic (exact) mass is 982 g/mol. The first kappa shape index (κ1) is 66.5. The number of carbonyl (C=O) groups excluding carboxylic acids is 2. The van der Waals surface area contributed by atoms with Crippen LogP contribution in [0.4, 0.5) is 0 Å². The number of hydrogen-bond donors (Lipinski definition) is 0. The fraction of sp³-hybridized carbons (Fsp3) is 0.897. The number of nitrogens with zero attached hydrogens (tertiary/aromatic N) is 1. The van der Waals surface area contributed by atoms with Gasteiger partial charge in [-0.25, -0.2) is 0 Å². The summed E-state index contributed by atoms with van der Waals surface area (Å²) in [5.41, 5.74) is 0. The molecule has 0 aliphatic rings. The molecule has 0 N–H and O–H groups in total. The van der Waals surface area contributed by atoms with E-state index in [1.54, 1.807) is 0 Å². The zero-order chi connectivity index (χ0) is 49.9. The fourth-order valence-electron chi connectivity index (χ4n) is 8.45. The molecule has 0 amide bonds. The Bertz CT molecular complexity index is 1200. The Labute approximate surface area is 421 Å². The van der Waals surface area contributed by atoms with Gasteiger partial charge in [-0.15, -0.1) is 0 Å². The van der Waals surface area contributed by atoms with Crippen molar-refractivity contribution in [3.05, 3.63) is 24.3 Å². The second kappa shape index (κ2) is 50.4. The lowest BCUT2D eigenvalue weighted by Gasteiger charge is -2.28. The van der Waals surface area contributed by atoms with Gasteiger partial charge in [-0.3, -0.25) is 14.2 Å². The minimum Gasteiger partial charge on any atom is -0.756 e. The number of allylic oxidation sites excluding steroid dienone is 4. The summed E-state index contributed by atoms with van der Waals surface area (Å²) in [6.45, 7) is 4.27. The molecule has 0 aliphatic carbocycles. The van der Waals surface area contributed by atoms with Crippen molar-refractivity contribution in [3.8, 4) is 0 Å². The first-order valence-corrected chi connectivity index (χ1v) is 30.5. The third-order valence-electron chi connectivity index (χ3n) is 13.0. The Kier molecular flexibility index (Phi) is 49.3. The van der Waals surface area contributed by atoms with Crippen LogP contribution in [0, 0.1) is 0 Å². The second-order valence-corrected chi connectivity index (χ2v) is 22.4. The molecule has 0 fully saturated rings. The highest BCUT2D eigenvalue weighted by atomic mass is 31.2. The summed E-state index contributed by atoms with van der Waals surface area (Å²) in [7, 11) is 1.18. The number of phosphoric ester groups is 1. The summed E-state index contributed by atoms with van der Waals surface area (Å²) in [5.74, 6) is -0.817. The fourth-order valence-corrected chi connectivity index (χ4v) is 9.18. The molecule has 0 rings (SSSR count). The molecule has 402 valence electrons. The van der Waals surface area contributed by atoms with E-state index < -0.39 is 26.5 Å². The molecule has 0 spiro atoms. The minimum atomic E-state index is -4.63. The predicted molar refractivity (Wildman–Crippen MR) is 287 cm³/mol. The van der Waals surface area contributed by atoms with Crippen LogP contribution < -0.4 is 4.89 Å². The van der Waals surface area contributed by atoms with Crippen LogP contribution in [0.15, 0.2) is 24.3 Å². The SMILES string of the molecule is CCCCCCC/C=C\C/C=C\CCCCCCCCCCCCCCCCCCCC(=O)OC(COC(=O)CCCCCCCCCCCCCCCCC)COP(=O)([O-])OCC[N+](C)(C)C. The Morgan fingerprint density at radius 3 is 1.16 bits per heavy atom. The van der Waals surface area contributed by atoms with Crippen molar-refractivity contribution in [1.82, 2.24) is 0 Å². The van der Waals surface area contributed by atoms with Crippen molar-refractivity contribution < 1.29 is 42.1 Å². The zero-order valence-corrected chi connectivity index (χ0v) is 46.5. The summed E-state index contributed by atoms with van der Waals surface area (Å²) < 4.78 is 34.1. The highest BCUT2D eigenvalue weighted by Gasteiger charge is 2.22. The third-order valence-corrected chi connectivity index (χ3v) is 13.9. The van der Waals surface area contributed by atoms with Crippen LogP contribution in [0.25, 0.3) is 0 Å². The Balaban J connectivity index is 4.06. The van der Waals surface area contributed by atoms with Crippen LogP contribution in [-0.4, -0.2) is 70.0 Å². The molecule has 2 unspecified atom stereocenters. The number of carbonyl (C=O) groups is 2. The van der Waals surface area contributed by atoms with Gasteiger partial charge in [0.25, 0.3) is 7.82 Å². The van der Waals surface area contributed by atoms with Gasteiger partial charge in [0.15, 0.2) is 6.10 Å². The van der Waals surface area contributed by atoms with E-state index in [0.29, 0.717) is 17.4 Å². The maximum Gasteiger partial charge on any atom is 0.306 e. The van der Waals surface area contributed by atoms with E-state index in [2.05, 4.69) is 38.2 Å². The van der Waals surface area contributed by atoms with Crippen LogP contribution in [0.2, 0.25) is 0 Å². The third kappa shape index (κ3) is 53.8. The zero-order valence-electron chi connectivity index (χ0n) is 45.6. The maximum atomic E-state index is 12.8. The van der Waals surface area contributed by atoms with E-state index in [1.807, 2.05) is 21.1 Å². The normalized spacial score (nSPS) is 13.4. The van der Waals surface area contributed by atoms with Crippen LogP contribution in [0.3, 0.4) is 0 Å². The largest absolute Gasteiger partial charge is 0.756 e. The number of hydrogen-bond acceptors (Lipinski definition) is 8. The Morgan fingerprint density at radius 1 is 0.456 bits per heavy atom. The smallest absolute Gasteiger partial charge is 0.306 e. The lowest BCUT2D eigenvalue weighted by atomic mass is 10.0. The van der Waals surface area contributed by atoms with E-state index in [9.17, 15) is 19.0 Å². The lowest BCUT2D eigenvalue weighted by Crippen LogP contribution is -2.37. The molecular weight excluding hydrogens is 870 g/mol. The molecule has 0 aromatic carbocycles. The summed E-state index contributed by atoms with van der Waals surface area (Å²) in [6.07, 6.45) is 59.4. The molecule has 0 aromatic rings. The predicted octanol–water partition coefficient (Wildman–Crippen LogP) is 17.2. The summed E-state index contributed by atoms with van der Waals surface area (Å²) in [4.78, 5) is 37.8. The van der Waals surface area contributed by atoms with E-state index in [0.717, 1.165) is 38.5 Å². The van der Waals surface area contributed by atoms with Gasteiger partial charge in [-0.1, -0.05) is 250 Å².